The molecule has 0 aromatic heterocycles. The Morgan fingerprint density at radius 1 is 1.38 bits per heavy atom. The molecule has 1 aromatic carbocycles. The summed E-state index contributed by atoms with van der Waals surface area (Å²) in [7, 11) is 0. The largest absolute Gasteiger partial charge is 0.372 e. The van der Waals surface area contributed by atoms with E-state index in [0.717, 1.165) is 31.2 Å². The van der Waals surface area contributed by atoms with Crippen LogP contribution in [0, 0.1) is 0 Å². The average molecular weight is 237 g/mol. The van der Waals surface area contributed by atoms with Crippen LogP contribution in [0.2, 0.25) is 5.02 Å². The Kier molecular flexibility index (Phi) is 3.86. The fourth-order valence-corrected chi connectivity index (χ4v) is 2.15. The van der Waals surface area contributed by atoms with Gasteiger partial charge in [-0.05, 0) is 30.7 Å². The summed E-state index contributed by atoms with van der Waals surface area (Å²) in [4.78, 5) is 2.40. The third-order valence-electron chi connectivity index (χ3n) is 2.84. The zero-order chi connectivity index (χ0) is 11.4. The van der Waals surface area contributed by atoms with E-state index >= 15 is 0 Å². The Bertz CT molecular complexity index is 381. The Labute approximate surface area is 102 Å². The molecule has 0 spiro atoms. The topological polar surface area (TPSA) is 15.3 Å². The number of allylic oxidation sites excluding steroid dienone is 1. The van der Waals surface area contributed by atoms with Crippen molar-refractivity contribution in [2.24, 2.45) is 0 Å². The van der Waals surface area contributed by atoms with Gasteiger partial charge in [-0.25, -0.2) is 0 Å². The van der Waals surface area contributed by atoms with Gasteiger partial charge >= 0.3 is 0 Å². The first kappa shape index (κ1) is 11.5. The molecule has 0 amide bonds. The molecule has 1 saturated heterocycles. The lowest BCUT2D eigenvalue weighted by molar-refractivity contribution is 0.302. The Morgan fingerprint density at radius 2 is 2.12 bits per heavy atom. The molecule has 1 N–H and O–H groups in total. The van der Waals surface area contributed by atoms with Crippen LogP contribution in [0.15, 0.2) is 30.0 Å². The summed E-state index contributed by atoms with van der Waals surface area (Å²) in [6, 6.07) is 7.96. The van der Waals surface area contributed by atoms with E-state index < -0.39 is 0 Å². The minimum atomic E-state index is 0.793. The molecule has 1 aromatic rings. The van der Waals surface area contributed by atoms with E-state index in [2.05, 4.69) is 29.3 Å². The van der Waals surface area contributed by atoms with Crippen molar-refractivity contribution in [1.82, 2.24) is 10.2 Å². The highest BCUT2D eigenvalue weighted by molar-refractivity contribution is 6.30. The fraction of sp³-hybridized carbons (Fsp3) is 0.385. The second kappa shape index (κ2) is 5.37. The summed E-state index contributed by atoms with van der Waals surface area (Å²) in [5.74, 6) is 0. The first-order valence-corrected chi connectivity index (χ1v) is 6.03. The van der Waals surface area contributed by atoms with Crippen molar-refractivity contribution in [2.75, 3.05) is 26.2 Å². The number of rotatable bonds is 2. The highest BCUT2D eigenvalue weighted by Gasteiger charge is 2.09. The Hall–Kier alpha value is -0.990. The van der Waals surface area contributed by atoms with Crippen molar-refractivity contribution < 1.29 is 0 Å². The molecule has 0 radical (unpaired) electrons. The lowest BCUT2D eigenvalue weighted by Gasteiger charge is -2.30. The molecule has 86 valence electrons. The zero-order valence-corrected chi connectivity index (χ0v) is 10.3. The van der Waals surface area contributed by atoms with Gasteiger partial charge in [0.2, 0.25) is 0 Å². The number of hydrogen-bond donors (Lipinski definition) is 1. The van der Waals surface area contributed by atoms with Gasteiger partial charge in [-0.3, -0.25) is 0 Å². The van der Waals surface area contributed by atoms with Crippen molar-refractivity contribution in [1.29, 1.82) is 0 Å². The number of nitrogens with one attached hydrogen (secondary N) is 1. The van der Waals surface area contributed by atoms with Gasteiger partial charge in [0.05, 0.1) is 0 Å². The van der Waals surface area contributed by atoms with Gasteiger partial charge in [-0.15, -0.1) is 0 Å². The second-order valence-electron chi connectivity index (χ2n) is 4.08. The normalized spacial score (nSPS) is 17.6. The summed E-state index contributed by atoms with van der Waals surface area (Å²) in [6.45, 7) is 6.47. The van der Waals surface area contributed by atoms with Gasteiger partial charge in [-0.1, -0.05) is 23.7 Å². The van der Waals surface area contributed by atoms with E-state index in [1.165, 1.54) is 11.3 Å². The van der Waals surface area contributed by atoms with Gasteiger partial charge in [0.1, 0.15) is 0 Å². The van der Waals surface area contributed by atoms with E-state index in [-0.39, 0.29) is 0 Å². The molecule has 16 heavy (non-hydrogen) atoms. The summed E-state index contributed by atoms with van der Waals surface area (Å²) >= 11 is 5.96. The Morgan fingerprint density at radius 3 is 2.81 bits per heavy atom. The van der Waals surface area contributed by atoms with Crippen LogP contribution in [0.1, 0.15) is 12.5 Å². The Balaban J connectivity index is 2.10. The zero-order valence-electron chi connectivity index (χ0n) is 9.54. The van der Waals surface area contributed by atoms with E-state index in [1.54, 1.807) is 0 Å². The van der Waals surface area contributed by atoms with E-state index in [9.17, 15) is 0 Å². The lowest BCUT2D eigenvalue weighted by atomic mass is 10.2. The summed E-state index contributed by atoms with van der Waals surface area (Å²) in [5, 5.41) is 4.15. The lowest BCUT2D eigenvalue weighted by Crippen LogP contribution is -2.42. The predicted molar refractivity (Wildman–Crippen MR) is 69.5 cm³/mol. The molecule has 3 heteroatoms. The van der Waals surface area contributed by atoms with Crippen molar-refractivity contribution >= 4 is 17.7 Å². The molecule has 2 rings (SSSR count). The monoisotopic (exact) mass is 236 g/mol. The van der Waals surface area contributed by atoms with E-state index in [4.69, 9.17) is 11.6 Å². The highest BCUT2D eigenvalue weighted by atomic mass is 35.5. The SMILES string of the molecule is CC(=Cc1cccc(Cl)c1)N1CCNCC1. The number of benzene rings is 1. The molecule has 1 fully saturated rings. The third-order valence-corrected chi connectivity index (χ3v) is 3.08. The molecular weight excluding hydrogens is 220 g/mol. The first-order valence-electron chi connectivity index (χ1n) is 5.65. The van der Waals surface area contributed by atoms with Crippen molar-refractivity contribution in [3.05, 3.63) is 40.5 Å². The first-order chi connectivity index (χ1) is 7.75. The molecule has 0 atom stereocenters. The number of halogens is 1. The van der Waals surface area contributed by atoms with E-state index in [0.29, 0.717) is 0 Å². The third kappa shape index (κ3) is 3.00. The highest BCUT2D eigenvalue weighted by Crippen LogP contribution is 2.15. The van der Waals surface area contributed by atoms with Crippen LogP contribution in [0.3, 0.4) is 0 Å². The van der Waals surface area contributed by atoms with Crippen molar-refractivity contribution in [2.45, 2.75) is 6.92 Å². The maximum Gasteiger partial charge on any atom is 0.0411 e. The van der Waals surface area contributed by atoms with Crippen LogP contribution >= 0.6 is 11.6 Å². The quantitative estimate of drug-likeness (QED) is 0.849. The smallest absolute Gasteiger partial charge is 0.0411 e. The van der Waals surface area contributed by atoms with Crippen LogP contribution in [-0.4, -0.2) is 31.1 Å². The van der Waals surface area contributed by atoms with Gasteiger partial charge in [0.15, 0.2) is 0 Å². The summed E-state index contributed by atoms with van der Waals surface area (Å²) < 4.78 is 0. The van der Waals surface area contributed by atoms with Crippen molar-refractivity contribution in [3.63, 3.8) is 0 Å². The molecule has 1 heterocycles. The average Bonchev–Trinajstić information content (AvgIpc) is 2.30. The molecule has 1 aliphatic rings. The number of piperazine rings is 1. The fourth-order valence-electron chi connectivity index (χ4n) is 1.95. The van der Waals surface area contributed by atoms with Crippen LogP contribution in [0.5, 0.6) is 0 Å². The van der Waals surface area contributed by atoms with Gasteiger partial charge in [0, 0.05) is 36.9 Å². The summed E-state index contributed by atoms with van der Waals surface area (Å²) in [5.41, 5.74) is 2.48. The van der Waals surface area contributed by atoms with Crippen LogP contribution in [0.25, 0.3) is 6.08 Å². The minimum absolute atomic E-state index is 0.793. The molecular formula is C13H17ClN2. The van der Waals surface area contributed by atoms with Crippen LogP contribution in [-0.2, 0) is 0 Å². The standard InChI is InChI=1S/C13H17ClN2/c1-11(16-7-5-15-6-8-16)9-12-3-2-4-13(14)10-12/h2-4,9-10,15H,5-8H2,1H3. The minimum Gasteiger partial charge on any atom is -0.372 e. The van der Waals surface area contributed by atoms with Crippen molar-refractivity contribution in [3.8, 4) is 0 Å². The molecule has 1 aliphatic heterocycles. The molecule has 0 bridgehead atoms. The van der Waals surface area contributed by atoms with Gasteiger partial charge in [-0.2, -0.15) is 0 Å². The summed E-state index contributed by atoms with van der Waals surface area (Å²) in [6.07, 6.45) is 2.19. The molecule has 0 unspecified atom stereocenters. The van der Waals surface area contributed by atoms with E-state index in [1.807, 2.05) is 18.2 Å². The number of nitrogens with zero attached hydrogens (tertiary/aromatic N) is 1. The van der Waals surface area contributed by atoms with Gasteiger partial charge in [0.25, 0.3) is 0 Å². The number of hydrogen-bond acceptors (Lipinski definition) is 2. The predicted octanol–water partition coefficient (Wildman–Crippen LogP) is 2.61. The maximum atomic E-state index is 5.96. The van der Waals surface area contributed by atoms with Gasteiger partial charge < -0.3 is 10.2 Å². The molecule has 0 aliphatic carbocycles. The second-order valence-corrected chi connectivity index (χ2v) is 4.51. The molecule has 2 nitrogen and oxygen atoms in total. The maximum absolute atomic E-state index is 5.96. The van der Waals surface area contributed by atoms with Crippen LogP contribution < -0.4 is 5.32 Å². The molecule has 0 saturated carbocycles. The van der Waals surface area contributed by atoms with Crippen LogP contribution in [0.4, 0.5) is 0 Å².